The molecule has 2 rings (SSSR count). The maximum absolute atomic E-state index is 10.5. The molecule has 0 aliphatic rings. The zero-order valence-electron chi connectivity index (χ0n) is 11.7. The lowest BCUT2D eigenvalue weighted by molar-refractivity contribution is -0.131. The van der Waals surface area contributed by atoms with Gasteiger partial charge in [-0.15, -0.1) is 11.3 Å². The number of aliphatic carboxylic acids is 1. The number of hydrogen-bond donors (Lipinski definition) is 1. The number of thiazole rings is 1. The van der Waals surface area contributed by atoms with Crippen molar-refractivity contribution in [3.63, 3.8) is 0 Å². The average Bonchev–Trinajstić information content (AvgIpc) is 2.88. The highest BCUT2D eigenvalue weighted by atomic mass is 32.1. The van der Waals surface area contributed by atoms with Crippen molar-refractivity contribution in [2.45, 2.75) is 13.5 Å². The fourth-order valence-electron chi connectivity index (χ4n) is 1.68. The Morgan fingerprint density at radius 1 is 1.43 bits per heavy atom. The van der Waals surface area contributed by atoms with Crippen LogP contribution in [0.4, 0.5) is 0 Å². The standard InChI is InChI=1S/C15H15NO4S/c1-10-9-21-14(16-10)8-20-12-5-3-11(4-6-15(17)18)7-13(12)19-2/h3-7,9H,8H2,1-2H3,(H,17,18)/b6-4+. The molecule has 0 saturated carbocycles. The van der Waals surface area contributed by atoms with Crippen LogP contribution in [0.1, 0.15) is 16.3 Å². The van der Waals surface area contributed by atoms with Gasteiger partial charge in [-0.3, -0.25) is 0 Å². The van der Waals surface area contributed by atoms with Gasteiger partial charge in [0.05, 0.1) is 7.11 Å². The third-order valence-corrected chi connectivity index (χ3v) is 3.56. The number of nitrogens with zero attached hydrogens (tertiary/aromatic N) is 1. The zero-order valence-corrected chi connectivity index (χ0v) is 12.5. The minimum atomic E-state index is -0.992. The summed E-state index contributed by atoms with van der Waals surface area (Å²) in [4.78, 5) is 14.8. The van der Waals surface area contributed by atoms with Crippen LogP contribution in [0.25, 0.3) is 6.08 Å². The number of carboxylic acid groups (broad SMARTS) is 1. The number of hydrogen-bond acceptors (Lipinski definition) is 5. The van der Waals surface area contributed by atoms with Gasteiger partial charge in [-0.05, 0) is 30.7 Å². The van der Waals surface area contributed by atoms with Crippen LogP contribution in [0, 0.1) is 6.92 Å². The number of carbonyl (C=O) groups is 1. The highest BCUT2D eigenvalue weighted by molar-refractivity contribution is 7.09. The molecule has 1 aromatic heterocycles. The Hall–Kier alpha value is -2.34. The quantitative estimate of drug-likeness (QED) is 0.830. The molecule has 0 atom stereocenters. The molecule has 0 radical (unpaired) electrons. The fourth-order valence-corrected chi connectivity index (χ4v) is 2.37. The maximum atomic E-state index is 10.5. The van der Waals surface area contributed by atoms with Crippen molar-refractivity contribution in [1.82, 2.24) is 4.98 Å². The van der Waals surface area contributed by atoms with Crippen LogP contribution < -0.4 is 9.47 Å². The van der Waals surface area contributed by atoms with Gasteiger partial charge in [0, 0.05) is 17.2 Å². The summed E-state index contributed by atoms with van der Waals surface area (Å²) in [5.74, 6) is 0.155. The zero-order chi connectivity index (χ0) is 15.2. The first kappa shape index (κ1) is 15.1. The van der Waals surface area contributed by atoms with Crippen molar-refractivity contribution >= 4 is 23.4 Å². The van der Waals surface area contributed by atoms with Crippen LogP contribution in [0.15, 0.2) is 29.7 Å². The Balaban J connectivity index is 2.10. The second-order valence-electron chi connectivity index (χ2n) is 4.25. The van der Waals surface area contributed by atoms with Gasteiger partial charge in [-0.2, -0.15) is 0 Å². The second kappa shape index (κ2) is 6.90. The molecule has 0 unspecified atom stereocenters. The van der Waals surface area contributed by atoms with Crippen LogP contribution in [0.2, 0.25) is 0 Å². The number of rotatable bonds is 6. The Labute approximate surface area is 126 Å². The molecule has 2 aromatic rings. The SMILES string of the molecule is COc1cc(/C=C/C(=O)O)ccc1OCc1nc(C)cs1. The van der Waals surface area contributed by atoms with E-state index in [2.05, 4.69) is 4.98 Å². The number of benzene rings is 1. The normalized spacial score (nSPS) is 10.8. The Morgan fingerprint density at radius 2 is 2.24 bits per heavy atom. The van der Waals surface area contributed by atoms with Crippen molar-refractivity contribution in [2.24, 2.45) is 0 Å². The first-order valence-electron chi connectivity index (χ1n) is 6.21. The molecular formula is C15H15NO4S. The highest BCUT2D eigenvalue weighted by Crippen LogP contribution is 2.29. The van der Waals surface area contributed by atoms with E-state index in [-0.39, 0.29) is 0 Å². The van der Waals surface area contributed by atoms with E-state index >= 15 is 0 Å². The molecule has 1 aromatic carbocycles. The predicted molar refractivity (Wildman–Crippen MR) is 80.8 cm³/mol. The van der Waals surface area contributed by atoms with Crippen molar-refractivity contribution in [1.29, 1.82) is 0 Å². The van der Waals surface area contributed by atoms with Crippen LogP contribution >= 0.6 is 11.3 Å². The largest absolute Gasteiger partial charge is 0.493 e. The minimum Gasteiger partial charge on any atom is -0.493 e. The van der Waals surface area contributed by atoms with Gasteiger partial charge >= 0.3 is 5.97 Å². The predicted octanol–water partition coefficient (Wildman–Crippen LogP) is 3.14. The van der Waals surface area contributed by atoms with Crippen molar-refractivity contribution in [3.05, 3.63) is 45.9 Å². The van der Waals surface area contributed by atoms with Gasteiger partial charge in [-0.1, -0.05) is 6.07 Å². The maximum Gasteiger partial charge on any atom is 0.328 e. The van der Waals surface area contributed by atoms with Gasteiger partial charge in [-0.25, -0.2) is 9.78 Å². The van der Waals surface area contributed by atoms with Gasteiger partial charge in [0.25, 0.3) is 0 Å². The van der Waals surface area contributed by atoms with Crippen LogP contribution in [-0.2, 0) is 11.4 Å². The van der Waals surface area contributed by atoms with Crippen LogP contribution in [0.3, 0.4) is 0 Å². The lowest BCUT2D eigenvalue weighted by Gasteiger charge is -2.10. The number of methoxy groups -OCH3 is 1. The first-order valence-corrected chi connectivity index (χ1v) is 7.09. The molecule has 0 aliphatic carbocycles. The van der Waals surface area contributed by atoms with E-state index in [0.717, 1.165) is 22.3 Å². The number of ether oxygens (including phenoxy) is 2. The minimum absolute atomic E-state index is 0.374. The van der Waals surface area contributed by atoms with Gasteiger partial charge < -0.3 is 14.6 Å². The number of aromatic nitrogens is 1. The molecule has 0 aliphatic heterocycles. The van der Waals surface area contributed by atoms with Crippen molar-refractivity contribution < 1.29 is 19.4 Å². The third-order valence-electron chi connectivity index (χ3n) is 2.62. The van der Waals surface area contributed by atoms with Crippen LogP contribution in [0.5, 0.6) is 11.5 Å². The summed E-state index contributed by atoms with van der Waals surface area (Å²) >= 11 is 1.54. The summed E-state index contributed by atoms with van der Waals surface area (Å²) in [7, 11) is 1.54. The van der Waals surface area contributed by atoms with E-state index in [0.29, 0.717) is 18.1 Å². The summed E-state index contributed by atoms with van der Waals surface area (Å²) in [5, 5.41) is 11.5. The molecular weight excluding hydrogens is 290 g/mol. The average molecular weight is 305 g/mol. The Kier molecular flexibility index (Phi) is 4.94. The smallest absolute Gasteiger partial charge is 0.328 e. The fraction of sp³-hybridized carbons (Fsp3) is 0.200. The Bertz CT molecular complexity index is 663. The van der Waals surface area contributed by atoms with Gasteiger partial charge in [0.2, 0.25) is 0 Å². The molecule has 1 heterocycles. The Morgan fingerprint density at radius 3 is 2.86 bits per heavy atom. The third kappa shape index (κ3) is 4.32. The van der Waals surface area contributed by atoms with Crippen LogP contribution in [-0.4, -0.2) is 23.2 Å². The number of carboxylic acids is 1. The summed E-state index contributed by atoms with van der Waals surface area (Å²) in [6.07, 6.45) is 2.58. The molecule has 6 heteroatoms. The molecule has 1 N–H and O–H groups in total. The molecule has 0 spiro atoms. The van der Waals surface area contributed by atoms with Crippen molar-refractivity contribution in [2.75, 3.05) is 7.11 Å². The lowest BCUT2D eigenvalue weighted by Crippen LogP contribution is -1.97. The van der Waals surface area contributed by atoms with Gasteiger partial charge in [0.1, 0.15) is 11.6 Å². The summed E-state index contributed by atoms with van der Waals surface area (Å²) in [6.45, 7) is 2.31. The number of aryl methyl sites for hydroxylation is 1. The van der Waals surface area contributed by atoms with Crippen molar-refractivity contribution in [3.8, 4) is 11.5 Å². The summed E-state index contributed by atoms with van der Waals surface area (Å²) in [5.41, 5.74) is 1.70. The summed E-state index contributed by atoms with van der Waals surface area (Å²) < 4.78 is 11.0. The second-order valence-corrected chi connectivity index (χ2v) is 5.20. The first-order chi connectivity index (χ1) is 10.1. The molecule has 5 nitrogen and oxygen atoms in total. The topological polar surface area (TPSA) is 68.7 Å². The molecule has 21 heavy (non-hydrogen) atoms. The van der Waals surface area contributed by atoms with E-state index in [4.69, 9.17) is 14.6 Å². The molecule has 0 fully saturated rings. The molecule has 0 bridgehead atoms. The van der Waals surface area contributed by atoms with Gasteiger partial charge in [0.15, 0.2) is 11.5 Å². The molecule has 0 amide bonds. The molecule has 110 valence electrons. The lowest BCUT2D eigenvalue weighted by atomic mass is 10.2. The van der Waals surface area contributed by atoms with E-state index < -0.39 is 5.97 Å². The van der Waals surface area contributed by atoms with E-state index in [1.54, 1.807) is 36.6 Å². The monoisotopic (exact) mass is 305 g/mol. The highest BCUT2D eigenvalue weighted by Gasteiger charge is 2.07. The summed E-state index contributed by atoms with van der Waals surface area (Å²) in [6, 6.07) is 5.24. The van der Waals surface area contributed by atoms with E-state index in [1.807, 2.05) is 12.3 Å². The molecule has 0 saturated heterocycles. The van der Waals surface area contributed by atoms with E-state index in [1.165, 1.54) is 6.08 Å². The van der Waals surface area contributed by atoms with E-state index in [9.17, 15) is 4.79 Å².